The first-order valence-electron chi connectivity index (χ1n) is 5.19. The first kappa shape index (κ1) is 13.7. The van der Waals surface area contributed by atoms with Gasteiger partial charge in [-0.25, -0.2) is 0 Å². The van der Waals surface area contributed by atoms with Gasteiger partial charge in [0.05, 0.1) is 6.61 Å². The van der Waals surface area contributed by atoms with Crippen molar-refractivity contribution in [1.29, 1.82) is 0 Å². The van der Waals surface area contributed by atoms with Crippen molar-refractivity contribution >= 4 is 11.9 Å². The Morgan fingerprint density at radius 3 is 2.53 bits per heavy atom. The number of esters is 1. The minimum absolute atomic E-state index is 0.291. The van der Waals surface area contributed by atoms with Gasteiger partial charge < -0.3 is 9.84 Å². The zero-order valence-corrected chi connectivity index (χ0v) is 9.23. The van der Waals surface area contributed by atoms with Crippen molar-refractivity contribution in [3.05, 3.63) is 12.2 Å². The highest BCUT2D eigenvalue weighted by Gasteiger charge is 2.24. The molecule has 15 heavy (non-hydrogen) atoms. The van der Waals surface area contributed by atoms with Gasteiger partial charge in [-0.05, 0) is 12.8 Å². The Labute approximate surface area is 89.9 Å². The Kier molecular flexibility index (Phi) is 7.32. The second kappa shape index (κ2) is 8.03. The van der Waals surface area contributed by atoms with Crippen LogP contribution in [-0.4, -0.2) is 23.7 Å². The maximum atomic E-state index is 11.3. The normalized spacial score (nSPS) is 12.7. The summed E-state index contributed by atoms with van der Waals surface area (Å²) in [5, 5.41) is 8.77. The third-order valence-corrected chi connectivity index (χ3v) is 1.83. The molecule has 0 amide bonds. The van der Waals surface area contributed by atoms with Gasteiger partial charge in [0.15, 0.2) is 5.92 Å². The van der Waals surface area contributed by atoms with E-state index in [2.05, 4.69) is 0 Å². The number of carbonyl (C=O) groups excluding carboxylic acids is 1. The van der Waals surface area contributed by atoms with Crippen molar-refractivity contribution in [2.24, 2.45) is 5.92 Å². The van der Waals surface area contributed by atoms with E-state index < -0.39 is 17.9 Å². The molecule has 86 valence electrons. The lowest BCUT2D eigenvalue weighted by Crippen LogP contribution is -2.24. The molecule has 0 aliphatic rings. The minimum Gasteiger partial charge on any atom is -0.480 e. The highest BCUT2D eigenvalue weighted by molar-refractivity contribution is 5.95. The zero-order chi connectivity index (χ0) is 11.7. The van der Waals surface area contributed by atoms with Gasteiger partial charge >= 0.3 is 11.9 Å². The molecule has 0 bridgehead atoms. The maximum absolute atomic E-state index is 11.3. The fourth-order valence-corrected chi connectivity index (χ4v) is 0.941. The van der Waals surface area contributed by atoms with Crippen LogP contribution >= 0.6 is 0 Å². The Morgan fingerprint density at radius 2 is 2.07 bits per heavy atom. The average molecular weight is 214 g/mol. The Bertz CT molecular complexity index is 233. The smallest absolute Gasteiger partial charge is 0.324 e. The first-order valence-corrected chi connectivity index (χ1v) is 5.19. The van der Waals surface area contributed by atoms with Gasteiger partial charge in [0, 0.05) is 0 Å². The SMILES string of the molecule is CCC=CC(C(=O)O)C(=O)OCCCC. The number of hydrogen-bond acceptors (Lipinski definition) is 3. The molecule has 0 aromatic rings. The molecule has 1 unspecified atom stereocenters. The van der Waals surface area contributed by atoms with Crippen molar-refractivity contribution < 1.29 is 19.4 Å². The molecule has 0 aromatic carbocycles. The number of allylic oxidation sites excluding steroid dienone is 1. The quantitative estimate of drug-likeness (QED) is 0.305. The Morgan fingerprint density at radius 1 is 1.40 bits per heavy atom. The molecular formula is C11H18O4. The van der Waals surface area contributed by atoms with Crippen LogP contribution in [0.2, 0.25) is 0 Å². The number of carboxylic acids is 1. The van der Waals surface area contributed by atoms with E-state index in [0.717, 1.165) is 12.8 Å². The predicted molar refractivity (Wildman–Crippen MR) is 56.4 cm³/mol. The summed E-state index contributed by atoms with van der Waals surface area (Å²) in [5.74, 6) is -3.01. The number of carbonyl (C=O) groups is 2. The highest BCUT2D eigenvalue weighted by Crippen LogP contribution is 2.04. The second-order valence-corrected chi connectivity index (χ2v) is 3.17. The molecule has 0 saturated heterocycles. The molecule has 0 aliphatic heterocycles. The van der Waals surface area contributed by atoms with Crippen LogP contribution in [0.25, 0.3) is 0 Å². The van der Waals surface area contributed by atoms with Crippen molar-refractivity contribution in [3.8, 4) is 0 Å². The molecular weight excluding hydrogens is 196 g/mol. The average Bonchev–Trinajstić information content (AvgIpc) is 2.18. The predicted octanol–water partition coefficient (Wildman–Crippen LogP) is 2.00. The summed E-state index contributed by atoms with van der Waals surface area (Å²) in [6, 6.07) is 0. The topological polar surface area (TPSA) is 63.6 Å². The fraction of sp³-hybridized carbons (Fsp3) is 0.636. The summed E-state index contributed by atoms with van der Waals surface area (Å²) < 4.78 is 4.83. The molecule has 4 nitrogen and oxygen atoms in total. The van der Waals surface area contributed by atoms with Gasteiger partial charge in [-0.15, -0.1) is 0 Å². The van der Waals surface area contributed by atoms with Crippen LogP contribution in [0.15, 0.2) is 12.2 Å². The van der Waals surface area contributed by atoms with E-state index in [4.69, 9.17) is 9.84 Å². The molecule has 0 radical (unpaired) electrons. The Balaban J connectivity index is 4.17. The van der Waals surface area contributed by atoms with Gasteiger partial charge in [-0.2, -0.15) is 0 Å². The van der Waals surface area contributed by atoms with Crippen LogP contribution in [0.4, 0.5) is 0 Å². The molecule has 1 N–H and O–H groups in total. The molecule has 4 heteroatoms. The number of rotatable bonds is 7. The van der Waals surface area contributed by atoms with Gasteiger partial charge in [0.2, 0.25) is 0 Å². The molecule has 0 rings (SSSR count). The summed E-state index contributed by atoms with van der Waals surface area (Å²) in [6.45, 7) is 4.14. The van der Waals surface area contributed by atoms with E-state index >= 15 is 0 Å². The van der Waals surface area contributed by atoms with Crippen LogP contribution in [0.5, 0.6) is 0 Å². The molecule has 0 aromatic heterocycles. The molecule has 0 aliphatic carbocycles. The molecule has 0 saturated carbocycles. The monoisotopic (exact) mass is 214 g/mol. The summed E-state index contributed by atoms with van der Waals surface area (Å²) in [6.07, 6.45) is 5.40. The number of hydrogen-bond donors (Lipinski definition) is 1. The fourth-order valence-electron chi connectivity index (χ4n) is 0.941. The lowest BCUT2D eigenvalue weighted by molar-refractivity contribution is -0.156. The van der Waals surface area contributed by atoms with Crippen molar-refractivity contribution in [2.45, 2.75) is 33.1 Å². The molecule has 0 heterocycles. The van der Waals surface area contributed by atoms with E-state index in [1.807, 2.05) is 13.8 Å². The van der Waals surface area contributed by atoms with E-state index in [-0.39, 0.29) is 0 Å². The lowest BCUT2D eigenvalue weighted by Gasteiger charge is -2.07. The molecule has 0 fully saturated rings. The van der Waals surface area contributed by atoms with Crippen LogP contribution < -0.4 is 0 Å². The lowest BCUT2D eigenvalue weighted by atomic mass is 10.1. The van der Waals surface area contributed by atoms with Crippen LogP contribution in [0.3, 0.4) is 0 Å². The third-order valence-electron chi connectivity index (χ3n) is 1.83. The van der Waals surface area contributed by atoms with E-state index in [1.54, 1.807) is 6.08 Å². The molecule has 1 atom stereocenters. The number of carboxylic acid groups (broad SMARTS) is 1. The zero-order valence-electron chi connectivity index (χ0n) is 9.23. The first-order chi connectivity index (χ1) is 7.13. The van der Waals surface area contributed by atoms with Gasteiger partial charge in [-0.1, -0.05) is 32.4 Å². The van der Waals surface area contributed by atoms with E-state index in [9.17, 15) is 9.59 Å². The number of aliphatic carboxylic acids is 1. The maximum Gasteiger partial charge on any atom is 0.324 e. The van der Waals surface area contributed by atoms with Crippen molar-refractivity contribution in [2.75, 3.05) is 6.61 Å². The molecule has 0 spiro atoms. The van der Waals surface area contributed by atoms with Crippen LogP contribution in [-0.2, 0) is 14.3 Å². The van der Waals surface area contributed by atoms with Crippen molar-refractivity contribution in [3.63, 3.8) is 0 Å². The summed E-state index contributed by atoms with van der Waals surface area (Å²) in [5.41, 5.74) is 0. The summed E-state index contributed by atoms with van der Waals surface area (Å²) in [7, 11) is 0. The van der Waals surface area contributed by atoms with Gasteiger partial charge in [0.1, 0.15) is 0 Å². The summed E-state index contributed by atoms with van der Waals surface area (Å²) >= 11 is 0. The minimum atomic E-state index is -1.17. The Hall–Kier alpha value is -1.32. The van der Waals surface area contributed by atoms with Crippen LogP contribution in [0.1, 0.15) is 33.1 Å². The highest BCUT2D eigenvalue weighted by atomic mass is 16.5. The number of unbranched alkanes of at least 4 members (excludes halogenated alkanes) is 1. The largest absolute Gasteiger partial charge is 0.480 e. The second-order valence-electron chi connectivity index (χ2n) is 3.17. The van der Waals surface area contributed by atoms with Gasteiger partial charge in [-0.3, -0.25) is 9.59 Å². The van der Waals surface area contributed by atoms with E-state index in [1.165, 1.54) is 6.08 Å². The standard InChI is InChI=1S/C11H18O4/c1-3-5-7-9(10(12)13)11(14)15-8-6-4-2/h5,7,9H,3-4,6,8H2,1-2H3,(H,12,13). The summed E-state index contributed by atoms with van der Waals surface area (Å²) in [4.78, 5) is 22.0. The number of ether oxygens (including phenoxy) is 1. The van der Waals surface area contributed by atoms with E-state index in [0.29, 0.717) is 13.0 Å². The third kappa shape index (κ3) is 5.88. The van der Waals surface area contributed by atoms with Gasteiger partial charge in [0.25, 0.3) is 0 Å². The van der Waals surface area contributed by atoms with Crippen molar-refractivity contribution in [1.82, 2.24) is 0 Å². The van der Waals surface area contributed by atoms with Crippen LogP contribution in [0, 0.1) is 5.92 Å².